The van der Waals surface area contributed by atoms with E-state index in [1.807, 2.05) is 6.07 Å². The van der Waals surface area contributed by atoms with Gasteiger partial charge in [-0.2, -0.15) is 4.98 Å². The molecule has 0 saturated carbocycles. The Morgan fingerprint density at radius 1 is 1.19 bits per heavy atom. The van der Waals surface area contributed by atoms with E-state index in [1.54, 1.807) is 13.3 Å². The van der Waals surface area contributed by atoms with E-state index in [4.69, 9.17) is 21.1 Å². The lowest BCUT2D eigenvalue weighted by Gasteiger charge is -2.34. The summed E-state index contributed by atoms with van der Waals surface area (Å²) in [5, 5.41) is 7.26. The van der Waals surface area contributed by atoms with Crippen molar-refractivity contribution in [1.82, 2.24) is 14.9 Å². The van der Waals surface area contributed by atoms with Gasteiger partial charge in [0.25, 0.3) is 0 Å². The zero-order chi connectivity index (χ0) is 22.5. The van der Waals surface area contributed by atoms with Crippen molar-refractivity contribution in [2.75, 3.05) is 69.1 Å². The van der Waals surface area contributed by atoms with Gasteiger partial charge in [0, 0.05) is 57.2 Å². The average Bonchev–Trinajstić information content (AvgIpc) is 2.82. The van der Waals surface area contributed by atoms with Crippen LogP contribution in [0.2, 0.25) is 5.02 Å². The molecular formula is C23H33ClN6O2. The quantitative estimate of drug-likeness (QED) is 0.645. The highest BCUT2D eigenvalue weighted by Gasteiger charge is 2.22. The molecule has 2 aromatic rings. The van der Waals surface area contributed by atoms with Crippen LogP contribution >= 0.6 is 11.6 Å². The molecular weight excluding hydrogens is 428 g/mol. The summed E-state index contributed by atoms with van der Waals surface area (Å²) in [6.07, 6.45) is 3.71. The van der Waals surface area contributed by atoms with E-state index in [1.165, 1.54) is 0 Å². The summed E-state index contributed by atoms with van der Waals surface area (Å²) >= 11 is 6.38. The molecule has 4 rings (SSSR count). The number of methoxy groups -OCH3 is 1. The summed E-state index contributed by atoms with van der Waals surface area (Å²) in [6.45, 7) is 7.92. The first-order valence-corrected chi connectivity index (χ1v) is 11.7. The first-order valence-electron chi connectivity index (χ1n) is 11.3. The van der Waals surface area contributed by atoms with Gasteiger partial charge in [0.2, 0.25) is 5.95 Å². The predicted octanol–water partition coefficient (Wildman–Crippen LogP) is 3.86. The monoisotopic (exact) mass is 460 g/mol. The maximum absolute atomic E-state index is 6.38. The Labute approximate surface area is 195 Å². The van der Waals surface area contributed by atoms with Gasteiger partial charge in [-0.25, -0.2) is 4.98 Å². The van der Waals surface area contributed by atoms with Gasteiger partial charge >= 0.3 is 0 Å². The number of rotatable bonds is 7. The van der Waals surface area contributed by atoms with E-state index < -0.39 is 0 Å². The van der Waals surface area contributed by atoms with Crippen molar-refractivity contribution in [3.8, 4) is 5.75 Å². The molecule has 2 fully saturated rings. The molecule has 0 spiro atoms. The molecule has 0 radical (unpaired) electrons. The lowest BCUT2D eigenvalue weighted by Crippen LogP contribution is -2.44. The molecule has 9 heteroatoms. The number of ether oxygens (including phenoxy) is 2. The predicted molar refractivity (Wildman–Crippen MR) is 130 cm³/mol. The highest BCUT2D eigenvalue weighted by atomic mass is 35.5. The van der Waals surface area contributed by atoms with Crippen molar-refractivity contribution < 1.29 is 9.47 Å². The second-order valence-electron chi connectivity index (χ2n) is 8.57. The molecule has 8 nitrogen and oxygen atoms in total. The largest absolute Gasteiger partial charge is 0.494 e. The Kier molecular flexibility index (Phi) is 7.55. The topological polar surface area (TPSA) is 74.8 Å². The molecule has 2 saturated heterocycles. The summed E-state index contributed by atoms with van der Waals surface area (Å²) in [4.78, 5) is 13.7. The first kappa shape index (κ1) is 22.9. The first-order chi connectivity index (χ1) is 15.5. The molecule has 2 N–H and O–H groups in total. The lowest BCUT2D eigenvalue weighted by atomic mass is 9.93. The van der Waals surface area contributed by atoms with Crippen LogP contribution in [0.1, 0.15) is 19.8 Å². The van der Waals surface area contributed by atoms with Crippen LogP contribution in [-0.2, 0) is 4.74 Å². The second-order valence-corrected chi connectivity index (χ2v) is 8.98. The molecule has 1 atom stereocenters. The minimum Gasteiger partial charge on any atom is -0.494 e. The second kappa shape index (κ2) is 10.6. The maximum Gasteiger partial charge on any atom is 0.229 e. The van der Waals surface area contributed by atoms with Crippen molar-refractivity contribution in [2.24, 2.45) is 5.92 Å². The Hall–Kier alpha value is -2.29. The number of anilines is 4. The Morgan fingerprint density at radius 3 is 2.66 bits per heavy atom. The van der Waals surface area contributed by atoms with Gasteiger partial charge in [0.15, 0.2) is 5.82 Å². The number of nitrogens with zero attached hydrogens (tertiary/aromatic N) is 4. The minimum atomic E-state index is 0.247. The van der Waals surface area contributed by atoms with Gasteiger partial charge in [-0.15, -0.1) is 0 Å². The molecule has 2 aliphatic heterocycles. The molecule has 174 valence electrons. The molecule has 2 aliphatic rings. The highest BCUT2D eigenvalue weighted by molar-refractivity contribution is 6.32. The fourth-order valence-electron chi connectivity index (χ4n) is 4.24. The van der Waals surface area contributed by atoms with Crippen LogP contribution in [0.3, 0.4) is 0 Å². The zero-order valence-electron chi connectivity index (χ0n) is 19.1. The van der Waals surface area contributed by atoms with Crippen LogP contribution in [0, 0.1) is 5.92 Å². The number of likely N-dealkylation sites (N-methyl/N-ethyl adjacent to an activating group) is 1. The van der Waals surface area contributed by atoms with Crippen LogP contribution in [0.15, 0.2) is 24.4 Å². The molecule has 0 aliphatic carbocycles. The zero-order valence-corrected chi connectivity index (χ0v) is 19.9. The Bertz CT molecular complexity index is 900. The fraction of sp³-hybridized carbons (Fsp3) is 0.565. The SMILES string of the molecule is COc1cc(N2CCN(C)CC2)ccc1Nc1ncc(Cl)c(N[C@@H](C)C2CCOCC2)n1. The van der Waals surface area contributed by atoms with Gasteiger partial charge in [-0.05, 0) is 44.9 Å². The van der Waals surface area contributed by atoms with Crippen LogP contribution in [0.5, 0.6) is 5.75 Å². The van der Waals surface area contributed by atoms with E-state index in [9.17, 15) is 0 Å². The lowest BCUT2D eigenvalue weighted by molar-refractivity contribution is 0.0622. The van der Waals surface area contributed by atoms with Crippen molar-refractivity contribution in [2.45, 2.75) is 25.8 Å². The summed E-state index contributed by atoms with van der Waals surface area (Å²) in [7, 11) is 3.84. The van der Waals surface area contributed by atoms with Crippen molar-refractivity contribution in [3.63, 3.8) is 0 Å². The average molecular weight is 461 g/mol. The molecule has 1 aromatic carbocycles. The fourth-order valence-corrected chi connectivity index (χ4v) is 4.39. The van der Waals surface area contributed by atoms with E-state index in [-0.39, 0.29) is 6.04 Å². The number of halogens is 1. The number of aromatic nitrogens is 2. The van der Waals surface area contributed by atoms with E-state index >= 15 is 0 Å². The summed E-state index contributed by atoms with van der Waals surface area (Å²) in [6, 6.07) is 6.44. The van der Waals surface area contributed by atoms with Gasteiger partial charge in [0.1, 0.15) is 10.8 Å². The smallest absolute Gasteiger partial charge is 0.229 e. The van der Waals surface area contributed by atoms with Crippen LogP contribution in [-0.4, -0.2) is 74.5 Å². The van der Waals surface area contributed by atoms with Crippen LogP contribution < -0.4 is 20.3 Å². The normalized spacial score (nSPS) is 18.9. The van der Waals surface area contributed by atoms with E-state index in [0.717, 1.165) is 69.4 Å². The van der Waals surface area contributed by atoms with Crippen molar-refractivity contribution in [3.05, 3.63) is 29.4 Å². The maximum atomic E-state index is 6.38. The minimum absolute atomic E-state index is 0.247. The number of nitrogens with one attached hydrogen (secondary N) is 2. The molecule has 1 aromatic heterocycles. The number of piperazine rings is 1. The number of hydrogen-bond acceptors (Lipinski definition) is 8. The van der Waals surface area contributed by atoms with Gasteiger partial charge in [-0.1, -0.05) is 11.6 Å². The third-order valence-electron chi connectivity index (χ3n) is 6.38. The number of benzene rings is 1. The Balaban J connectivity index is 1.46. The van der Waals surface area contributed by atoms with Crippen molar-refractivity contribution in [1.29, 1.82) is 0 Å². The number of hydrogen-bond donors (Lipinski definition) is 2. The molecule has 0 amide bonds. The standard InChI is InChI=1S/C23H33ClN6O2/c1-16(17-6-12-32-13-7-17)26-22-19(24)15-25-23(28-22)27-20-5-4-18(14-21(20)31-3)30-10-8-29(2)9-11-30/h4-5,14-17H,6-13H2,1-3H3,(H2,25,26,27,28)/t16-/m0/s1. The summed E-state index contributed by atoms with van der Waals surface area (Å²) < 4.78 is 11.1. The van der Waals surface area contributed by atoms with Gasteiger partial charge in [0.05, 0.1) is 19.0 Å². The van der Waals surface area contributed by atoms with Crippen LogP contribution in [0.25, 0.3) is 0 Å². The summed E-state index contributed by atoms with van der Waals surface area (Å²) in [5.74, 6) is 2.40. The molecule has 3 heterocycles. The summed E-state index contributed by atoms with van der Waals surface area (Å²) in [5.41, 5.74) is 1.97. The molecule has 0 unspecified atom stereocenters. The van der Waals surface area contributed by atoms with Gasteiger partial charge in [-0.3, -0.25) is 0 Å². The third kappa shape index (κ3) is 5.54. The third-order valence-corrected chi connectivity index (χ3v) is 6.66. The van der Waals surface area contributed by atoms with Gasteiger partial charge < -0.3 is 29.9 Å². The molecule has 0 bridgehead atoms. The highest BCUT2D eigenvalue weighted by Crippen LogP contribution is 2.33. The Morgan fingerprint density at radius 2 is 1.94 bits per heavy atom. The van der Waals surface area contributed by atoms with Crippen molar-refractivity contribution >= 4 is 34.7 Å². The molecule has 32 heavy (non-hydrogen) atoms. The van der Waals surface area contributed by atoms with E-state index in [2.05, 4.69) is 56.5 Å². The van der Waals surface area contributed by atoms with E-state index in [0.29, 0.717) is 22.7 Å². The van der Waals surface area contributed by atoms with Crippen LogP contribution in [0.4, 0.5) is 23.1 Å².